The predicted molar refractivity (Wildman–Crippen MR) is 70.7 cm³/mol. The van der Waals surface area contributed by atoms with Crippen LogP contribution in [0.25, 0.3) is 0 Å². The lowest BCUT2D eigenvalue weighted by molar-refractivity contribution is -0.384. The standard InChI is InChI=1S/C11H12N6O3/c12-16-9-2-1-7(3-10(9)17(19)20)11(18)14-5-8-4-13-6-15-8/h1-4,6,16H,5,12H2,(H,13,15)(H,14,18). The number of nitrogen functional groups attached to an aromatic ring is 1. The summed E-state index contributed by atoms with van der Waals surface area (Å²) in [5, 5.41) is 13.5. The lowest BCUT2D eigenvalue weighted by atomic mass is 10.1. The Kier molecular flexibility index (Phi) is 3.91. The fourth-order valence-corrected chi connectivity index (χ4v) is 1.60. The third-order valence-electron chi connectivity index (χ3n) is 2.61. The van der Waals surface area contributed by atoms with E-state index in [1.807, 2.05) is 0 Å². The third kappa shape index (κ3) is 2.90. The average Bonchev–Trinajstić information content (AvgIpc) is 2.97. The summed E-state index contributed by atoms with van der Waals surface area (Å²) in [4.78, 5) is 28.8. The van der Waals surface area contributed by atoms with Crippen molar-refractivity contribution in [1.82, 2.24) is 15.3 Å². The van der Waals surface area contributed by atoms with Crippen LogP contribution in [0.15, 0.2) is 30.7 Å². The summed E-state index contributed by atoms with van der Waals surface area (Å²) in [7, 11) is 0. The molecule has 1 aromatic carbocycles. The Labute approximate surface area is 113 Å². The molecule has 0 saturated carbocycles. The van der Waals surface area contributed by atoms with Crippen LogP contribution in [0.5, 0.6) is 0 Å². The number of aromatic amines is 1. The van der Waals surface area contributed by atoms with Crippen LogP contribution in [-0.4, -0.2) is 20.8 Å². The molecule has 0 spiro atoms. The molecule has 1 heterocycles. The SMILES string of the molecule is NNc1ccc(C(=O)NCc2cnc[nH]2)cc1[N+](=O)[O-]. The predicted octanol–water partition coefficient (Wildman–Crippen LogP) is 0.533. The zero-order valence-corrected chi connectivity index (χ0v) is 10.3. The monoisotopic (exact) mass is 276 g/mol. The zero-order chi connectivity index (χ0) is 14.5. The van der Waals surface area contributed by atoms with Gasteiger partial charge in [-0.1, -0.05) is 0 Å². The van der Waals surface area contributed by atoms with Crippen molar-refractivity contribution in [1.29, 1.82) is 0 Å². The second-order valence-electron chi connectivity index (χ2n) is 3.89. The van der Waals surface area contributed by atoms with Gasteiger partial charge in [0.25, 0.3) is 11.6 Å². The van der Waals surface area contributed by atoms with Gasteiger partial charge >= 0.3 is 0 Å². The first-order chi connectivity index (χ1) is 9.61. The van der Waals surface area contributed by atoms with Crippen molar-refractivity contribution < 1.29 is 9.72 Å². The minimum atomic E-state index is -0.610. The Balaban J connectivity index is 2.13. The van der Waals surface area contributed by atoms with Crippen LogP contribution in [0.3, 0.4) is 0 Å². The number of hydrazine groups is 1. The maximum atomic E-state index is 11.9. The molecule has 20 heavy (non-hydrogen) atoms. The largest absolute Gasteiger partial charge is 0.347 e. The summed E-state index contributed by atoms with van der Waals surface area (Å²) in [6.45, 7) is 0.253. The highest BCUT2D eigenvalue weighted by Crippen LogP contribution is 2.24. The Morgan fingerprint density at radius 3 is 2.90 bits per heavy atom. The molecule has 0 saturated heterocycles. The smallest absolute Gasteiger partial charge is 0.294 e. The van der Waals surface area contributed by atoms with E-state index in [1.165, 1.54) is 18.5 Å². The number of nitrogens with one attached hydrogen (secondary N) is 3. The van der Waals surface area contributed by atoms with Gasteiger partial charge in [0, 0.05) is 17.8 Å². The van der Waals surface area contributed by atoms with E-state index in [4.69, 9.17) is 5.84 Å². The van der Waals surface area contributed by atoms with E-state index in [0.29, 0.717) is 0 Å². The number of hydrogen-bond donors (Lipinski definition) is 4. The van der Waals surface area contributed by atoms with Crippen LogP contribution in [0.2, 0.25) is 0 Å². The molecular weight excluding hydrogens is 264 g/mol. The first-order valence-electron chi connectivity index (χ1n) is 5.62. The molecule has 9 nitrogen and oxygen atoms in total. The number of amides is 1. The van der Waals surface area contributed by atoms with Crippen molar-refractivity contribution in [3.05, 3.63) is 52.1 Å². The highest BCUT2D eigenvalue weighted by Gasteiger charge is 2.16. The maximum absolute atomic E-state index is 11.9. The van der Waals surface area contributed by atoms with E-state index < -0.39 is 10.8 Å². The molecule has 5 N–H and O–H groups in total. The van der Waals surface area contributed by atoms with Crippen LogP contribution < -0.4 is 16.6 Å². The molecule has 0 bridgehead atoms. The quantitative estimate of drug-likeness (QED) is 0.357. The number of rotatable bonds is 5. The summed E-state index contributed by atoms with van der Waals surface area (Å²) < 4.78 is 0. The second-order valence-corrected chi connectivity index (χ2v) is 3.89. The van der Waals surface area contributed by atoms with E-state index in [9.17, 15) is 14.9 Å². The van der Waals surface area contributed by atoms with Gasteiger partial charge in [0.05, 0.1) is 23.5 Å². The molecule has 2 rings (SSSR count). The van der Waals surface area contributed by atoms with E-state index in [1.54, 1.807) is 6.20 Å². The molecule has 0 unspecified atom stereocenters. The summed E-state index contributed by atoms with van der Waals surface area (Å²) in [5.74, 6) is 4.75. The van der Waals surface area contributed by atoms with Crippen LogP contribution >= 0.6 is 0 Å². The van der Waals surface area contributed by atoms with Gasteiger partial charge in [-0.3, -0.25) is 20.8 Å². The van der Waals surface area contributed by atoms with Gasteiger partial charge in [-0.25, -0.2) is 4.98 Å². The number of H-pyrrole nitrogens is 1. The zero-order valence-electron chi connectivity index (χ0n) is 10.3. The third-order valence-corrected chi connectivity index (χ3v) is 2.61. The number of carbonyl (C=O) groups is 1. The maximum Gasteiger partial charge on any atom is 0.294 e. The number of carbonyl (C=O) groups excluding carboxylic acids is 1. The minimum Gasteiger partial charge on any atom is -0.347 e. The number of imidazole rings is 1. The van der Waals surface area contributed by atoms with Gasteiger partial charge in [0.1, 0.15) is 5.69 Å². The van der Waals surface area contributed by atoms with Crippen LogP contribution in [0, 0.1) is 10.1 Å². The number of anilines is 1. The van der Waals surface area contributed by atoms with Crippen molar-refractivity contribution in [2.45, 2.75) is 6.54 Å². The molecule has 2 aromatic rings. The van der Waals surface area contributed by atoms with E-state index in [-0.39, 0.29) is 23.5 Å². The number of aromatic nitrogens is 2. The molecule has 0 fully saturated rings. The fourth-order valence-electron chi connectivity index (χ4n) is 1.60. The van der Waals surface area contributed by atoms with Crippen molar-refractivity contribution in [2.24, 2.45) is 5.84 Å². The summed E-state index contributed by atoms with van der Waals surface area (Å²) in [6, 6.07) is 3.99. The van der Waals surface area contributed by atoms with Gasteiger partial charge in [-0.15, -0.1) is 0 Å². The molecular formula is C11H12N6O3. The lowest BCUT2D eigenvalue weighted by Gasteiger charge is -2.06. The minimum absolute atomic E-state index is 0.139. The fraction of sp³-hybridized carbons (Fsp3) is 0.0909. The summed E-state index contributed by atoms with van der Waals surface area (Å²) >= 11 is 0. The molecule has 0 aliphatic rings. The van der Waals surface area contributed by atoms with Crippen LogP contribution in [0.4, 0.5) is 11.4 Å². The second kappa shape index (κ2) is 5.80. The van der Waals surface area contributed by atoms with Gasteiger partial charge in [0.2, 0.25) is 0 Å². The van der Waals surface area contributed by atoms with Crippen LogP contribution in [0.1, 0.15) is 16.1 Å². The number of nitrogens with zero attached hydrogens (tertiary/aromatic N) is 2. The molecule has 0 aliphatic heterocycles. The lowest BCUT2D eigenvalue weighted by Crippen LogP contribution is -2.23. The Hall–Kier alpha value is -2.94. The number of nitrogens with two attached hydrogens (primary N) is 1. The van der Waals surface area contributed by atoms with Gasteiger partial charge in [-0.05, 0) is 12.1 Å². The van der Waals surface area contributed by atoms with Crippen molar-refractivity contribution in [3.63, 3.8) is 0 Å². The number of benzene rings is 1. The van der Waals surface area contributed by atoms with Crippen molar-refractivity contribution in [2.75, 3.05) is 5.43 Å². The first-order valence-corrected chi connectivity index (χ1v) is 5.62. The highest BCUT2D eigenvalue weighted by molar-refractivity contribution is 5.95. The molecule has 0 atom stereocenters. The molecule has 0 radical (unpaired) electrons. The number of nitro groups is 1. The average molecular weight is 276 g/mol. The Morgan fingerprint density at radius 1 is 1.50 bits per heavy atom. The highest BCUT2D eigenvalue weighted by atomic mass is 16.6. The molecule has 0 aliphatic carbocycles. The number of nitro benzene ring substituents is 1. The molecule has 1 aromatic heterocycles. The Morgan fingerprint density at radius 2 is 2.30 bits per heavy atom. The summed E-state index contributed by atoms with van der Waals surface area (Å²) in [6.07, 6.45) is 3.07. The van der Waals surface area contributed by atoms with Crippen molar-refractivity contribution >= 4 is 17.3 Å². The van der Waals surface area contributed by atoms with Gasteiger partial charge < -0.3 is 15.7 Å². The normalized spacial score (nSPS) is 10.1. The van der Waals surface area contributed by atoms with Crippen molar-refractivity contribution in [3.8, 4) is 0 Å². The van der Waals surface area contributed by atoms with E-state index in [0.717, 1.165) is 11.8 Å². The van der Waals surface area contributed by atoms with E-state index in [2.05, 4.69) is 20.7 Å². The Bertz CT molecular complexity index is 625. The van der Waals surface area contributed by atoms with Gasteiger partial charge in [-0.2, -0.15) is 0 Å². The molecule has 104 valence electrons. The van der Waals surface area contributed by atoms with E-state index >= 15 is 0 Å². The van der Waals surface area contributed by atoms with Crippen LogP contribution in [-0.2, 0) is 6.54 Å². The van der Waals surface area contributed by atoms with Gasteiger partial charge in [0.15, 0.2) is 0 Å². The molecule has 1 amide bonds. The molecule has 9 heteroatoms. The summed E-state index contributed by atoms with van der Waals surface area (Å²) in [5.41, 5.74) is 2.99. The topological polar surface area (TPSA) is 139 Å². The number of hydrogen-bond acceptors (Lipinski definition) is 6. The first kappa shape index (κ1) is 13.5.